The van der Waals surface area contributed by atoms with Crippen LogP contribution in [0.4, 0.5) is 0 Å². The molecule has 0 saturated heterocycles. The van der Waals surface area contributed by atoms with Gasteiger partial charge >= 0.3 is 0 Å². The molecular formula is C20H27N5O. The van der Waals surface area contributed by atoms with E-state index in [2.05, 4.69) is 15.3 Å². The van der Waals surface area contributed by atoms with Crippen molar-refractivity contribution >= 4 is 16.8 Å². The normalized spacial score (nSPS) is 11.8. The van der Waals surface area contributed by atoms with Gasteiger partial charge in [-0.05, 0) is 54.8 Å². The molecule has 0 aliphatic heterocycles. The summed E-state index contributed by atoms with van der Waals surface area (Å²) in [5, 5.41) is 3.87. The van der Waals surface area contributed by atoms with Crippen LogP contribution in [0.3, 0.4) is 0 Å². The van der Waals surface area contributed by atoms with Crippen LogP contribution < -0.4 is 16.8 Å². The number of carbonyl (C=O) groups is 1. The van der Waals surface area contributed by atoms with Crippen LogP contribution in [0.5, 0.6) is 0 Å². The summed E-state index contributed by atoms with van der Waals surface area (Å²) >= 11 is 0. The van der Waals surface area contributed by atoms with Crippen LogP contribution >= 0.6 is 0 Å². The number of hydrogen-bond acceptors (Lipinski definition) is 4. The lowest BCUT2D eigenvalue weighted by molar-refractivity contribution is 0.0946. The number of aromatic amines is 1. The SMILES string of the molecule is C.NCCC[C@@H](N)CNC(=O)c1cc2ccc(-c3ccncc3)cc2[nH]1. The van der Waals surface area contributed by atoms with Crippen molar-refractivity contribution in [1.29, 1.82) is 0 Å². The summed E-state index contributed by atoms with van der Waals surface area (Å²) in [6.07, 6.45) is 5.20. The molecule has 0 radical (unpaired) electrons. The van der Waals surface area contributed by atoms with E-state index in [0.29, 0.717) is 18.8 Å². The van der Waals surface area contributed by atoms with Crippen LogP contribution in [0.25, 0.3) is 22.0 Å². The first kappa shape index (κ1) is 19.6. The second-order valence-electron chi connectivity index (χ2n) is 6.12. The second kappa shape index (κ2) is 9.12. The number of aromatic nitrogens is 2. The minimum atomic E-state index is -0.148. The maximum atomic E-state index is 12.3. The molecule has 6 nitrogen and oxygen atoms in total. The lowest BCUT2D eigenvalue weighted by Crippen LogP contribution is -2.37. The van der Waals surface area contributed by atoms with Gasteiger partial charge < -0.3 is 21.8 Å². The minimum Gasteiger partial charge on any atom is -0.351 e. The molecule has 0 unspecified atom stereocenters. The molecule has 26 heavy (non-hydrogen) atoms. The van der Waals surface area contributed by atoms with Crippen molar-refractivity contribution < 1.29 is 4.79 Å². The van der Waals surface area contributed by atoms with Crippen LogP contribution in [0, 0.1) is 0 Å². The Kier molecular flexibility index (Phi) is 6.89. The number of nitrogens with one attached hydrogen (secondary N) is 2. The first-order valence-electron chi connectivity index (χ1n) is 8.44. The van der Waals surface area contributed by atoms with E-state index in [1.807, 2.05) is 36.4 Å². The lowest BCUT2D eigenvalue weighted by Gasteiger charge is -2.11. The zero-order valence-corrected chi connectivity index (χ0v) is 14.0. The van der Waals surface area contributed by atoms with Crippen molar-refractivity contribution in [3.63, 3.8) is 0 Å². The Morgan fingerprint density at radius 3 is 2.65 bits per heavy atom. The Hall–Kier alpha value is -2.70. The van der Waals surface area contributed by atoms with Crippen LogP contribution in [-0.4, -0.2) is 35.0 Å². The van der Waals surface area contributed by atoms with E-state index in [0.717, 1.165) is 34.9 Å². The summed E-state index contributed by atoms with van der Waals surface area (Å²) in [5.41, 5.74) is 15.1. The quantitative estimate of drug-likeness (QED) is 0.523. The fraction of sp³-hybridized carbons (Fsp3) is 0.300. The number of nitrogens with zero attached hydrogens (tertiary/aromatic N) is 1. The number of nitrogens with two attached hydrogens (primary N) is 2. The van der Waals surface area contributed by atoms with E-state index in [4.69, 9.17) is 11.5 Å². The van der Waals surface area contributed by atoms with Crippen molar-refractivity contribution in [3.05, 3.63) is 54.5 Å². The number of amides is 1. The number of rotatable bonds is 7. The molecule has 2 heterocycles. The molecule has 6 N–H and O–H groups in total. The van der Waals surface area contributed by atoms with E-state index in [9.17, 15) is 4.79 Å². The summed E-state index contributed by atoms with van der Waals surface area (Å²) < 4.78 is 0. The second-order valence-corrected chi connectivity index (χ2v) is 6.12. The third-order valence-electron chi connectivity index (χ3n) is 4.18. The molecule has 0 saturated carbocycles. The van der Waals surface area contributed by atoms with E-state index >= 15 is 0 Å². The molecule has 138 valence electrons. The number of hydrogen-bond donors (Lipinski definition) is 4. The summed E-state index contributed by atoms with van der Waals surface area (Å²) in [4.78, 5) is 19.5. The molecule has 0 fully saturated rings. The topological polar surface area (TPSA) is 110 Å². The van der Waals surface area contributed by atoms with Gasteiger partial charge in [-0.3, -0.25) is 9.78 Å². The van der Waals surface area contributed by atoms with Gasteiger partial charge in [0.2, 0.25) is 0 Å². The highest BCUT2D eigenvalue weighted by atomic mass is 16.1. The molecule has 3 rings (SSSR count). The molecule has 3 aromatic rings. The number of pyridine rings is 1. The minimum absolute atomic E-state index is 0. The Labute approximate surface area is 154 Å². The molecule has 0 aliphatic rings. The molecular weight excluding hydrogens is 326 g/mol. The molecule has 1 atom stereocenters. The van der Waals surface area contributed by atoms with Crippen LogP contribution in [0.2, 0.25) is 0 Å². The molecule has 0 bridgehead atoms. The Morgan fingerprint density at radius 1 is 1.15 bits per heavy atom. The fourth-order valence-electron chi connectivity index (χ4n) is 2.77. The highest BCUT2D eigenvalue weighted by Gasteiger charge is 2.11. The van der Waals surface area contributed by atoms with Gasteiger partial charge in [0.05, 0.1) is 0 Å². The van der Waals surface area contributed by atoms with Gasteiger partial charge in [0.15, 0.2) is 0 Å². The average Bonchev–Trinajstić information content (AvgIpc) is 3.08. The van der Waals surface area contributed by atoms with E-state index < -0.39 is 0 Å². The van der Waals surface area contributed by atoms with Gasteiger partial charge in [-0.25, -0.2) is 0 Å². The van der Waals surface area contributed by atoms with Crippen molar-refractivity contribution in [2.75, 3.05) is 13.1 Å². The highest BCUT2D eigenvalue weighted by Crippen LogP contribution is 2.24. The zero-order chi connectivity index (χ0) is 17.6. The Morgan fingerprint density at radius 2 is 1.92 bits per heavy atom. The van der Waals surface area contributed by atoms with Gasteiger partial charge in [0, 0.05) is 35.9 Å². The lowest BCUT2D eigenvalue weighted by atomic mass is 10.1. The molecule has 1 aromatic carbocycles. The predicted octanol–water partition coefficient (Wildman–Crippen LogP) is 2.66. The third-order valence-corrected chi connectivity index (χ3v) is 4.18. The molecule has 6 heteroatoms. The maximum absolute atomic E-state index is 12.3. The Balaban J connectivity index is 0.00000243. The van der Waals surface area contributed by atoms with Crippen molar-refractivity contribution in [2.24, 2.45) is 11.5 Å². The number of fused-ring (bicyclic) bond motifs is 1. The zero-order valence-electron chi connectivity index (χ0n) is 14.0. The summed E-state index contributed by atoms with van der Waals surface area (Å²) in [6.45, 7) is 1.06. The van der Waals surface area contributed by atoms with Gasteiger partial charge in [0.25, 0.3) is 5.91 Å². The third kappa shape index (κ3) is 4.68. The molecule has 1 amide bonds. The van der Waals surface area contributed by atoms with Crippen molar-refractivity contribution in [1.82, 2.24) is 15.3 Å². The summed E-state index contributed by atoms with van der Waals surface area (Å²) in [6, 6.07) is 11.8. The van der Waals surface area contributed by atoms with E-state index in [1.54, 1.807) is 12.4 Å². The summed E-state index contributed by atoms with van der Waals surface area (Å²) in [7, 11) is 0. The van der Waals surface area contributed by atoms with E-state index in [-0.39, 0.29) is 19.4 Å². The first-order valence-corrected chi connectivity index (χ1v) is 8.44. The predicted molar refractivity (Wildman–Crippen MR) is 107 cm³/mol. The van der Waals surface area contributed by atoms with Crippen LogP contribution in [0.15, 0.2) is 48.8 Å². The van der Waals surface area contributed by atoms with Crippen LogP contribution in [0.1, 0.15) is 30.8 Å². The van der Waals surface area contributed by atoms with E-state index in [1.165, 1.54) is 0 Å². The molecule has 0 aliphatic carbocycles. The first-order chi connectivity index (χ1) is 12.2. The fourth-order valence-corrected chi connectivity index (χ4v) is 2.77. The average molecular weight is 353 g/mol. The monoisotopic (exact) mass is 353 g/mol. The van der Waals surface area contributed by atoms with Gasteiger partial charge in [-0.1, -0.05) is 19.6 Å². The Bertz CT molecular complexity index is 844. The van der Waals surface area contributed by atoms with Crippen molar-refractivity contribution in [2.45, 2.75) is 26.3 Å². The molecule has 0 spiro atoms. The highest BCUT2D eigenvalue weighted by molar-refractivity contribution is 5.98. The number of H-pyrrole nitrogens is 1. The summed E-state index contributed by atoms with van der Waals surface area (Å²) in [5.74, 6) is -0.148. The van der Waals surface area contributed by atoms with Gasteiger partial charge in [0.1, 0.15) is 5.69 Å². The number of benzene rings is 1. The number of carbonyl (C=O) groups excluding carboxylic acids is 1. The largest absolute Gasteiger partial charge is 0.351 e. The van der Waals surface area contributed by atoms with Gasteiger partial charge in [-0.15, -0.1) is 0 Å². The van der Waals surface area contributed by atoms with Crippen LogP contribution in [-0.2, 0) is 0 Å². The maximum Gasteiger partial charge on any atom is 0.267 e. The standard InChI is InChI=1S/C19H23N5O.CH4/c20-7-1-2-16(21)12-23-19(25)18-11-15-4-3-14(10-17(15)24-18)13-5-8-22-9-6-13;/h3-6,8-11,16,24H,1-2,7,12,20-21H2,(H,23,25);1H4/t16-;/m1./s1. The van der Waals surface area contributed by atoms with Gasteiger partial charge in [-0.2, -0.15) is 0 Å². The van der Waals surface area contributed by atoms with Crippen molar-refractivity contribution in [3.8, 4) is 11.1 Å². The smallest absolute Gasteiger partial charge is 0.267 e. The molecule has 2 aromatic heterocycles.